The predicted molar refractivity (Wildman–Crippen MR) is 161 cm³/mol. The zero-order chi connectivity index (χ0) is 33.6. The molecule has 2 aromatic rings. The lowest BCUT2D eigenvalue weighted by atomic mass is 9.96. The summed E-state index contributed by atoms with van der Waals surface area (Å²) in [4.78, 5) is 24.8. The first kappa shape index (κ1) is 36.9. The van der Waals surface area contributed by atoms with Crippen LogP contribution in [0.1, 0.15) is 65.9 Å². The van der Waals surface area contributed by atoms with Crippen LogP contribution in [0, 0.1) is 4.78 Å². The van der Waals surface area contributed by atoms with E-state index in [0.717, 1.165) is 24.3 Å². The molecule has 0 heterocycles. The molecular weight excluding hydrogens is 623 g/mol. The maximum absolute atomic E-state index is 14.1. The normalized spacial score (nSPS) is 15.4. The number of alkyl carbamates (subject to hydrolysis) is 1. The van der Waals surface area contributed by atoms with Gasteiger partial charge in [-0.2, -0.15) is 13.2 Å². The standard InChI is InChI=1S/C29H40F3N3O7S2/c1-27(2,3)41-25(36)24(34-26(37)42-28(4,5)6)17-19-43(33,38)18-16-23(29(30,31)32)20-12-14-22(15-13-20)44(39,40)35-21-10-8-7-9-11-21/h7-15,23-24,33,35H,16-19H2,1-6H3,(H,34,37)/t23?,24-,43?/m0/s1. The number of para-hydroxylation sites is 1. The number of sulfonamides is 1. The molecule has 246 valence electrons. The molecule has 0 bridgehead atoms. The van der Waals surface area contributed by atoms with Gasteiger partial charge in [-0.05, 0) is 84.2 Å². The van der Waals surface area contributed by atoms with E-state index in [-0.39, 0.29) is 22.6 Å². The van der Waals surface area contributed by atoms with Crippen LogP contribution in [0.3, 0.4) is 0 Å². The van der Waals surface area contributed by atoms with Gasteiger partial charge in [-0.25, -0.2) is 22.2 Å². The first-order valence-corrected chi connectivity index (χ1v) is 17.1. The molecule has 2 rings (SSSR count). The number of carbonyl (C=O) groups is 2. The van der Waals surface area contributed by atoms with E-state index in [1.54, 1.807) is 59.7 Å². The van der Waals surface area contributed by atoms with Crippen LogP contribution in [0.5, 0.6) is 0 Å². The smallest absolute Gasteiger partial charge is 0.408 e. The molecule has 3 N–H and O–H groups in total. The maximum Gasteiger partial charge on any atom is 0.408 e. The molecule has 0 spiro atoms. The monoisotopic (exact) mass is 663 g/mol. The summed E-state index contributed by atoms with van der Waals surface area (Å²) in [5, 5.41) is 2.34. The number of halogens is 3. The number of nitrogens with one attached hydrogen (secondary N) is 3. The number of anilines is 1. The van der Waals surface area contributed by atoms with Crippen molar-refractivity contribution in [1.29, 1.82) is 4.78 Å². The van der Waals surface area contributed by atoms with Gasteiger partial charge in [0.25, 0.3) is 10.0 Å². The van der Waals surface area contributed by atoms with E-state index in [1.807, 2.05) is 0 Å². The third kappa shape index (κ3) is 12.7. The van der Waals surface area contributed by atoms with E-state index in [9.17, 15) is 35.4 Å². The van der Waals surface area contributed by atoms with Crippen LogP contribution in [0.25, 0.3) is 0 Å². The lowest BCUT2D eigenvalue weighted by Gasteiger charge is -2.26. The van der Waals surface area contributed by atoms with Crippen molar-refractivity contribution < 1.29 is 44.9 Å². The molecule has 0 aliphatic rings. The Morgan fingerprint density at radius 1 is 0.818 bits per heavy atom. The zero-order valence-corrected chi connectivity index (χ0v) is 27.1. The third-order valence-electron chi connectivity index (χ3n) is 5.87. The lowest BCUT2D eigenvalue weighted by Crippen LogP contribution is -2.46. The minimum Gasteiger partial charge on any atom is -0.458 e. The maximum atomic E-state index is 14.1. The first-order chi connectivity index (χ1) is 20.0. The van der Waals surface area contributed by atoms with E-state index in [4.69, 9.17) is 14.3 Å². The summed E-state index contributed by atoms with van der Waals surface area (Å²) in [6, 6.07) is 10.8. The van der Waals surface area contributed by atoms with Gasteiger partial charge in [0.1, 0.15) is 17.2 Å². The average molecular weight is 664 g/mol. The molecule has 0 saturated heterocycles. The third-order valence-corrected chi connectivity index (χ3v) is 9.06. The van der Waals surface area contributed by atoms with E-state index in [0.29, 0.717) is 0 Å². The van der Waals surface area contributed by atoms with Gasteiger partial charge >= 0.3 is 18.2 Å². The van der Waals surface area contributed by atoms with Crippen molar-refractivity contribution in [3.8, 4) is 0 Å². The van der Waals surface area contributed by atoms with E-state index >= 15 is 0 Å². The topological polar surface area (TPSA) is 152 Å². The Kier molecular flexibility index (Phi) is 11.9. The molecule has 44 heavy (non-hydrogen) atoms. The van der Waals surface area contributed by atoms with Gasteiger partial charge in [0, 0.05) is 26.9 Å². The molecule has 0 aliphatic carbocycles. The Morgan fingerprint density at radius 2 is 1.34 bits per heavy atom. The van der Waals surface area contributed by atoms with Crippen molar-refractivity contribution >= 4 is 37.5 Å². The van der Waals surface area contributed by atoms with Crippen molar-refractivity contribution in [3.05, 3.63) is 60.2 Å². The number of hydrogen-bond acceptors (Lipinski definition) is 8. The van der Waals surface area contributed by atoms with Crippen LogP contribution in [-0.4, -0.2) is 59.6 Å². The highest BCUT2D eigenvalue weighted by Crippen LogP contribution is 2.38. The van der Waals surface area contributed by atoms with Gasteiger partial charge < -0.3 is 14.8 Å². The Labute approximate surface area is 257 Å². The molecular formula is C29H40F3N3O7S2. The summed E-state index contributed by atoms with van der Waals surface area (Å²) in [6.45, 7) is 9.62. The number of carbonyl (C=O) groups excluding carboxylic acids is 2. The summed E-state index contributed by atoms with van der Waals surface area (Å²) >= 11 is 0. The molecule has 2 aromatic carbocycles. The highest BCUT2D eigenvalue weighted by Gasteiger charge is 2.41. The Balaban J connectivity index is 2.15. The van der Waals surface area contributed by atoms with Gasteiger partial charge in [0.15, 0.2) is 0 Å². The number of ether oxygens (including phenoxy) is 2. The van der Waals surface area contributed by atoms with Crippen molar-refractivity contribution in [1.82, 2.24) is 5.32 Å². The van der Waals surface area contributed by atoms with E-state index < -0.39 is 79.1 Å². The number of rotatable bonds is 12. The molecule has 0 radical (unpaired) electrons. The van der Waals surface area contributed by atoms with Crippen molar-refractivity contribution in [2.75, 3.05) is 16.2 Å². The minimum atomic E-state index is -4.78. The zero-order valence-electron chi connectivity index (χ0n) is 25.5. The molecule has 0 aromatic heterocycles. The summed E-state index contributed by atoms with van der Waals surface area (Å²) < 4.78 is 102. The molecule has 0 aliphatic heterocycles. The summed E-state index contributed by atoms with van der Waals surface area (Å²) in [7, 11) is -7.72. The fourth-order valence-electron chi connectivity index (χ4n) is 3.91. The van der Waals surface area contributed by atoms with Crippen molar-refractivity contribution in [2.45, 2.75) is 88.6 Å². The molecule has 0 saturated carbocycles. The minimum absolute atomic E-state index is 0.249. The average Bonchev–Trinajstić information content (AvgIpc) is 2.84. The molecule has 0 fully saturated rings. The van der Waals surface area contributed by atoms with E-state index in [2.05, 4.69) is 10.0 Å². The van der Waals surface area contributed by atoms with Crippen molar-refractivity contribution in [3.63, 3.8) is 0 Å². The fourth-order valence-corrected chi connectivity index (χ4v) is 6.40. The van der Waals surface area contributed by atoms with Gasteiger partial charge in [-0.3, -0.25) is 9.50 Å². The molecule has 2 unspecified atom stereocenters. The number of alkyl halides is 3. The van der Waals surface area contributed by atoms with Gasteiger partial charge in [0.2, 0.25) is 0 Å². The quantitative estimate of drug-likeness (QED) is 0.229. The van der Waals surface area contributed by atoms with Crippen LogP contribution >= 0.6 is 0 Å². The lowest BCUT2D eigenvalue weighted by molar-refractivity contribution is -0.157. The second kappa shape index (κ2) is 14.2. The van der Waals surface area contributed by atoms with Crippen LogP contribution in [-0.2, 0) is 34.0 Å². The highest BCUT2D eigenvalue weighted by atomic mass is 32.2. The number of esters is 1. The number of hydrogen-bond donors (Lipinski definition) is 3. The summed E-state index contributed by atoms with van der Waals surface area (Å²) in [6.07, 6.45) is -6.80. The molecule has 10 nitrogen and oxygen atoms in total. The molecule has 15 heteroatoms. The Hall–Kier alpha value is -3.33. The van der Waals surface area contributed by atoms with Gasteiger partial charge in [0.05, 0.1) is 10.8 Å². The largest absolute Gasteiger partial charge is 0.458 e. The first-order valence-electron chi connectivity index (χ1n) is 13.7. The Bertz CT molecular complexity index is 1480. The highest BCUT2D eigenvalue weighted by molar-refractivity contribution is 7.92. The second-order valence-electron chi connectivity index (χ2n) is 12.2. The number of benzene rings is 2. The summed E-state index contributed by atoms with van der Waals surface area (Å²) in [5.41, 5.74) is -1.80. The summed E-state index contributed by atoms with van der Waals surface area (Å²) in [5.74, 6) is -4.17. The SMILES string of the molecule is CC(C)(C)OC(=O)N[C@@H](CCS(=N)(=O)CCC(c1ccc(S(=O)(=O)Nc2ccccc2)cc1)C(F)(F)F)C(=O)OC(C)(C)C. The van der Waals surface area contributed by atoms with Gasteiger partial charge in [-0.1, -0.05) is 30.3 Å². The van der Waals surface area contributed by atoms with E-state index in [1.165, 1.54) is 12.1 Å². The Morgan fingerprint density at radius 3 is 1.84 bits per heavy atom. The van der Waals surface area contributed by atoms with Crippen LogP contribution in [0.15, 0.2) is 59.5 Å². The van der Waals surface area contributed by atoms with Gasteiger partial charge in [-0.15, -0.1) is 0 Å². The number of amides is 1. The molecule has 1 amide bonds. The van der Waals surface area contributed by atoms with Crippen molar-refractivity contribution in [2.24, 2.45) is 0 Å². The second-order valence-corrected chi connectivity index (χ2v) is 16.3. The van der Waals surface area contributed by atoms with Crippen LogP contribution < -0.4 is 10.0 Å². The van der Waals surface area contributed by atoms with Crippen LogP contribution in [0.4, 0.5) is 23.7 Å². The predicted octanol–water partition coefficient (Wildman–Crippen LogP) is 6.20. The van der Waals surface area contributed by atoms with Crippen LogP contribution in [0.2, 0.25) is 0 Å². The fraction of sp³-hybridized carbons (Fsp3) is 0.517. The molecule has 3 atom stereocenters.